The van der Waals surface area contributed by atoms with Crippen molar-refractivity contribution < 1.29 is 22.3 Å². The van der Waals surface area contributed by atoms with Crippen LogP contribution in [0.5, 0.6) is 11.5 Å². The highest BCUT2D eigenvalue weighted by Gasteiger charge is 2.27. The van der Waals surface area contributed by atoms with Crippen LogP contribution in [0.4, 0.5) is 10.1 Å². The van der Waals surface area contributed by atoms with Crippen LogP contribution in [0.1, 0.15) is 11.1 Å². The van der Waals surface area contributed by atoms with Gasteiger partial charge in [0, 0.05) is 6.07 Å². The molecule has 0 unspecified atom stereocenters. The molecule has 0 aliphatic heterocycles. The number of halogens is 1. The molecule has 0 N–H and O–H groups in total. The quantitative estimate of drug-likeness (QED) is 0.568. The van der Waals surface area contributed by atoms with Crippen molar-refractivity contribution in [3.8, 4) is 11.5 Å². The van der Waals surface area contributed by atoms with Crippen LogP contribution < -0.4 is 13.8 Å². The van der Waals surface area contributed by atoms with Crippen LogP contribution in [0, 0.1) is 12.7 Å². The van der Waals surface area contributed by atoms with Crippen molar-refractivity contribution in [3.05, 3.63) is 83.7 Å². The van der Waals surface area contributed by atoms with Crippen molar-refractivity contribution in [2.75, 3.05) is 18.5 Å². The minimum absolute atomic E-state index is 0.0843. The second-order valence-corrected chi connectivity index (χ2v) is 8.30. The Balaban J connectivity index is 2.15. The van der Waals surface area contributed by atoms with Crippen molar-refractivity contribution in [2.24, 2.45) is 0 Å². The Labute approximate surface area is 170 Å². The second kappa shape index (κ2) is 8.53. The minimum atomic E-state index is -4.04. The van der Waals surface area contributed by atoms with E-state index in [1.54, 1.807) is 18.2 Å². The van der Waals surface area contributed by atoms with E-state index in [9.17, 15) is 12.8 Å². The van der Waals surface area contributed by atoms with E-state index in [2.05, 4.69) is 0 Å². The third-order valence-electron chi connectivity index (χ3n) is 4.61. The molecule has 0 fully saturated rings. The van der Waals surface area contributed by atoms with Gasteiger partial charge in [-0.1, -0.05) is 30.3 Å². The van der Waals surface area contributed by atoms with Crippen LogP contribution in [0.2, 0.25) is 0 Å². The molecule has 7 heteroatoms. The van der Waals surface area contributed by atoms with Crippen molar-refractivity contribution >= 4 is 15.7 Å². The maximum atomic E-state index is 13.8. The SMILES string of the molecule is COc1ccc(N(Cc2ccccc2C)S(=O)(=O)c2cccc(F)c2)cc1OC. The summed E-state index contributed by atoms with van der Waals surface area (Å²) in [6.45, 7) is 2.00. The summed E-state index contributed by atoms with van der Waals surface area (Å²) in [5.41, 5.74) is 2.17. The molecule has 0 amide bonds. The zero-order chi connectivity index (χ0) is 21.0. The predicted octanol–water partition coefficient (Wildman–Crippen LogP) is 4.55. The van der Waals surface area contributed by atoms with E-state index in [1.807, 2.05) is 31.2 Å². The first-order chi connectivity index (χ1) is 13.9. The van der Waals surface area contributed by atoms with Crippen LogP contribution in [-0.4, -0.2) is 22.6 Å². The average molecular weight is 415 g/mol. The zero-order valence-corrected chi connectivity index (χ0v) is 17.2. The Morgan fingerprint density at radius 3 is 2.28 bits per heavy atom. The van der Waals surface area contributed by atoms with Gasteiger partial charge in [-0.2, -0.15) is 0 Å². The number of hydrogen-bond donors (Lipinski definition) is 0. The highest BCUT2D eigenvalue weighted by atomic mass is 32.2. The van der Waals surface area contributed by atoms with E-state index >= 15 is 0 Å². The summed E-state index contributed by atoms with van der Waals surface area (Å²) in [6, 6.07) is 17.4. The first kappa shape index (κ1) is 20.7. The topological polar surface area (TPSA) is 55.8 Å². The van der Waals surface area contributed by atoms with Crippen LogP contribution in [-0.2, 0) is 16.6 Å². The van der Waals surface area contributed by atoms with E-state index in [0.717, 1.165) is 17.2 Å². The molecule has 3 aromatic rings. The number of nitrogens with zero attached hydrogens (tertiary/aromatic N) is 1. The van der Waals surface area contributed by atoms with Gasteiger partial charge in [-0.15, -0.1) is 0 Å². The molecule has 0 aromatic heterocycles. The van der Waals surface area contributed by atoms with Crippen LogP contribution >= 0.6 is 0 Å². The maximum absolute atomic E-state index is 13.8. The standard InChI is InChI=1S/C22H22FNO4S/c1-16-7-4-5-8-17(16)15-24(19-11-12-21(27-2)22(14-19)28-3)29(25,26)20-10-6-9-18(23)13-20/h4-14H,15H2,1-3H3. The lowest BCUT2D eigenvalue weighted by atomic mass is 10.1. The van der Waals surface area contributed by atoms with Gasteiger partial charge >= 0.3 is 0 Å². The van der Waals surface area contributed by atoms with Crippen molar-refractivity contribution in [1.29, 1.82) is 0 Å². The molecule has 3 aromatic carbocycles. The predicted molar refractivity (Wildman–Crippen MR) is 110 cm³/mol. The molecule has 5 nitrogen and oxygen atoms in total. The molecule has 0 atom stereocenters. The van der Waals surface area contributed by atoms with Crippen LogP contribution in [0.3, 0.4) is 0 Å². The Hall–Kier alpha value is -3.06. The number of sulfonamides is 1. The lowest BCUT2D eigenvalue weighted by Gasteiger charge is -2.26. The zero-order valence-electron chi connectivity index (χ0n) is 16.4. The monoisotopic (exact) mass is 415 g/mol. The molecular formula is C22H22FNO4S. The lowest BCUT2D eigenvalue weighted by Crippen LogP contribution is -2.31. The van der Waals surface area contributed by atoms with E-state index in [-0.39, 0.29) is 11.4 Å². The van der Waals surface area contributed by atoms with Crippen molar-refractivity contribution in [3.63, 3.8) is 0 Å². The molecule has 152 valence electrons. The van der Waals surface area contributed by atoms with Crippen molar-refractivity contribution in [2.45, 2.75) is 18.4 Å². The normalized spacial score (nSPS) is 11.2. The van der Waals surface area contributed by atoms with Gasteiger partial charge in [0.25, 0.3) is 10.0 Å². The second-order valence-electron chi connectivity index (χ2n) is 6.43. The summed E-state index contributed by atoms with van der Waals surface area (Å²) in [7, 11) is -1.05. The lowest BCUT2D eigenvalue weighted by molar-refractivity contribution is 0.355. The van der Waals surface area contributed by atoms with E-state index < -0.39 is 15.8 Å². The van der Waals surface area contributed by atoms with E-state index in [1.165, 1.54) is 36.7 Å². The fourth-order valence-electron chi connectivity index (χ4n) is 2.99. The fourth-order valence-corrected chi connectivity index (χ4v) is 4.46. The molecule has 0 aliphatic carbocycles. The van der Waals surface area contributed by atoms with E-state index in [0.29, 0.717) is 17.2 Å². The van der Waals surface area contributed by atoms with Crippen LogP contribution in [0.15, 0.2) is 71.6 Å². The molecule has 0 spiro atoms. The number of methoxy groups -OCH3 is 2. The molecule has 0 heterocycles. The van der Waals surface area contributed by atoms with E-state index in [4.69, 9.17) is 9.47 Å². The van der Waals surface area contributed by atoms with Gasteiger partial charge < -0.3 is 9.47 Å². The number of aryl methyl sites for hydroxylation is 1. The molecule has 3 rings (SSSR count). The van der Waals surface area contributed by atoms with Gasteiger partial charge in [0.05, 0.1) is 31.3 Å². The summed E-state index contributed by atoms with van der Waals surface area (Å²) >= 11 is 0. The highest BCUT2D eigenvalue weighted by Crippen LogP contribution is 2.35. The van der Waals surface area contributed by atoms with Gasteiger partial charge in [-0.05, 0) is 48.4 Å². The molecule has 0 saturated carbocycles. The molecule has 0 saturated heterocycles. The largest absolute Gasteiger partial charge is 0.493 e. The number of ether oxygens (including phenoxy) is 2. The average Bonchev–Trinajstić information content (AvgIpc) is 2.72. The third-order valence-corrected chi connectivity index (χ3v) is 6.38. The van der Waals surface area contributed by atoms with Gasteiger partial charge in [-0.25, -0.2) is 12.8 Å². The number of rotatable bonds is 7. The summed E-state index contributed by atoms with van der Waals surface area (Å²) in [4.78, 5) is -0.124. The summed E-state index contributed by atoms with van der Waals surface area (Å²) in [5.74, 6) is 0.263. The smallest absolute Gasteiger partial charge is 0.264 e. The first-order valence-corrected chi connectivity index (χ1v) is 10.4. The molecular weight excluding hydrogens is 393 g/mol. The number of hydrogen-bond acceptors (Lipinski definition) is 4. The molecule has 0 bridgehead atoms. The maximum Gasteiger partial charge on any atom is 0.264 e. The Morgan fingerprint density at radius 2 is 1.62 bits per heavy atom. The number of benzene rings is 3. The number of anilines is 1. The van der Waals surface area contributed by atoms with Gasteiger partial charge in [0.15, 0.2) is 11.5 Å². The molecule has 0 aliphatic rings. The summed E-state index contributed by atoms with van der Waals surface area (Å²) in [6.07, 6.45) is 0. The Morgan fingerprint density at radius 1 is 0.897 bits per heavy atom. The molecule has 29 heavy (non-hydrogen) atoms. The van der Waals surface area contributed by atoms with Gasteiger partial charge in [0.1, 0.15) is 5.82 Å². The van der Waals surface area contributed by atoms with Crippen LogP contribution in [0.25, 0.3) is 0 Å². The third kappa shape index (κ3) is 4.35. The highest BCUT2D eigenvalue weighted by molar-refractivity contribution is 7.92. The summed E-state index contributed by atoms with van der Waals surface area (Å²) < 4.78 is 52.5. The molecule has 0 radical (unpaired) electrons. The fraction of sp³-hybridized carbons (Fsp3) is 0.182. The summed E-state index contributed by atoms with van der Waals surface area (Å²) in [5, 5.41) is 0. The van der Waals surface area contributed by atoms with Gasteiger partial charge in [-0.3, -0.25) is 4.31 Å². The van der Waals surface area contributed by atoms with Crippen molar-refractivity contribution in [1.82, 2.24) is 0 Å². The van der Waals surface area contributed by atoms with Gasteiger partial charge in [0.2, 0.25) is 0 Å². The minimum Gasteiger partial charge on any atom is -0.493 e. The Bertz CT molecular complexity index is 1120. The first-order valence-electron chi connectivity index (χ1n) is 8.91. The Kier molecular flexibility index (Phi) is 6.08.